The average Bonchev–Trinajstić information content (AvgIpc) is 3.14. The molecule has 1 amide bonds. The summed E-state index contributed by atoms with van der Waals surface area (Å²) in [4.78, 5) is 20.9. The van der Waals surface area contributed by atoms with Gasteiger partial charge in [-0.05, 0) is 36.5 Å². The molecular formula is C19H24N4O2. The van der Waals surface area contributed by atoms with Crippen LogP contribution in [-0.2, 0) is 4.74 Å². The van der Waals surface area contributed by atoms with Crippen molar-refractivity contribution in [1.29, 1.82) is 0 Å². The fraction of sp³-hybridized carbons (Fsp3) is 0.421. The minimum atomic E-state index is -0.210. The van der Waals surface area contributed by atoms with E-state index in [9.17, 15) is 4.79 Å². The third kappa shape index (κ3) is 4.54. The third-order valence-electron chi connectivity index (χ3n) is 4.23. The normalized spacial score (nSPS) is 16.8. The topological polar surface area (TPSA) is 76.1 Å². The summed E-state index contributed by atoms with van der Waals surface area (Å²) in [6.07, 6.45) is 3.75. The predicted octanol–water partition coefficient (Wildman–Crippen LogP) is 3.25. The molecule has 1 fully saturated rings. The van der Waals surface area contributed by atoms with Gasteiger partial charge in [0.25, 0.3) is 5.91 Å². The van der Waals surface area contributed by atoms with E-state index < -0.39 is 0 Å². The Hall–Kier alpha value is -2.47. The Morgan fingerprint density at radius 1 is 1.32 bits per heavy atom. The van der Waals surface area contributed by atoms with Crippen molar-refractivity contribution < 1.29 is 9.53 Å². The first-order valence-electron chi connectivity index (χ1n) is 8.72. The zero-order valence-corrected chi connectivity index (χ0v) is 14.7. The molecule has 1 unspecified atom stereocenters. The lowest BCUT2D eigenvalue weighted by Gasteiger charge is -2.14. The Kier molecular flexibility index (Phi) is 5.60. The number of carbonyl (C=O) groups is 1. The van der Waals surface area contributed by atoms with Crippen LogP contribution in [-0.4, -0.2) is 35.1 Å². The van der Waals surface area contributed by atoms with Gasteiger partial charge in [0.15, 0.2) is 0 Å². The average molecular weight is 340 g/mol. The summed E-state index contributed by atoms with van der Waals surface area (Å²) in [6.45, 7) is 5.56. The number of hydrogen-bond donors (Lipinski definition) is 2. The molecule has 6 heteroatoms. The highest BCUT2D eigenvalue weighted by molar-refractivity contribution is 5.92. The van der Waals surface area contributed by atoms with Crippen molar-refractivity contribution in [2.75, 3.05) is 18.5 Å². The zero-order valence-electron chi connectivity index (χ0n) is 14.7. The van der Waals surface area contributed by atoms with Gasteiger partial charge in [0.2, 0.25) is 5.95 Å². The minimum absolute atomic E-state index is 0.112. The van der Waals surface area contributed by atoms with Gasteiger partial charge in [-0.2, -0.15) is 0 Å². The minimum Gasteiger partial charge on any atom is -0.376 e. The van der Waals surface area contributed by atoms with Crippen LogP contribution < -0.4 is 10.6 Å². The maximum Gasteiger partial charge on any atom is 0.270 e. The number of ether oxygens (including phenoxy) is 1. The lowest BCUT2D eigenvalue weighted by molar-refractivity contribution is 0.0853. The Morgan fingerprint density at radius 3 is 2.92 bits per heavy atom. The molecule has 1 aliphatic heterocycles. The Bertz CT molecular complexity index is 727. The molecule has 1 aromatic heterocycles. The van der Waals surface area contributed by atoms with Crippen LogP contribution in [0.3, 0.4) is 0 Å². The van der Waals surface area contributed by atoms with Crippen LogP contribution >= 0.6 is 0 Å². The fourth-order valence-corrected chi connectivity index (χ4v) is 2.88. The summed E-state index contributed by atoms with van der Waals surface area (Å²) >= 11 is 0. The molecule has 1 atom stereocenters. The van der Waals surface area contributed by atoms with Gasteiger partial charge < -0.3 is 15.4 Å². The van der Waals surface area contributed by atoms with Gasteiger partial charge in [0.1, 0.15) is 5.69 Å². The SMILES string of the molecule is CC(C)c1ccccc1Nc1nccc(C(=O)NCC2CCCO2)n1. The highest BCUT2D eigenvalue weighted by Crippen LogP contribution is 2.25. The van der Waals surface area contributed by atoms with Gasteiger partial charge >= 0.3 is 0 Å². The smallest absolute Gasteiger partial charge is 0.270 e. The van der Waals surface area contributed by atoms with Crippen molar-refractivity contribution in [3.63, 3.8) is 0 Å². The Morgan fingerprint density at radius 2 is 2.16 bits per heavy atom. The number of benzene rings is 1. The number of anilines is 2. The van der Waals surface area contributed by atoms with Crippen LogP contribution in [0.25, 0.3) is 0 Å². The molecule has 0 radical (unpaired) electrons. The van der Waals surface area contributed by atoms with Crippen molar-refractivity contribution >= 4 is 17.5 Å². The van der Waals surface area contributed by atoms with E-state index in [0.29, 0.717) is 24.1 Å². The van der Waals surface area contributed by atoms with Gasteiger partial charge in [-0.3, -0.25) is 4.79 Å². The van der Waals surface area contributed by atoms with E-state index in [0.717, 1.165) is 25.1 Å². The van der Waals surface area contributed by atoms with Crippen molar-refractivity contribution in [3.05, 3.63) is 47.8 Å². The third-order valence-corrected chi connectivity index (χ3v) is 4.23. The molecule has 2 N–H and O–H groups in total. The molecule has 1 aromatic carbocycles. The van der Waals surface area contributed by atoms with Gasteiger partial charge in [-0.1, -0.05) is 32.0 Å². The molecule has 132 valence electrons. The number of para-hydroxylation sites is 1. The number of rotatable bonds is 6. The van der Waals surface area contributed by atoms with Crippen LogP contribution in [0.15, 0.2) is 36.5 Å². The van der Waals surface area contributed by atoms with Crippen molar-refractivity contribution in [3.8, 4) is 0 Å². The Balaban J connectivity index is 1.68. The molecule has 3 rings (SSSR count). The van der Waals surface area contributed by atoms with Gasteiger partial charge in [0.05, 0.1) is 6.10 Å². The van der Waals surface area contributed by atoms with Crippen molar-refractivity contribution in [1.82, 2.24) is 15.3 Å². The monoisotopic (exact) mass is 340 g/mol. The highest BCUT2D eigenvalue weighted by atomic mass is 16.5. The maximum absolute atomic E-state index is 12.3. The fourth-order valence-electron chi connectivity index (χ4n) is 2.88. The quantitative estimate of drug-likeness (QED) is 0.844. The van der Waals surface area contributed by atoms with E-state index in [1.807, 2.05) is 18.2 Å². The van der Waals surface area contributed by atoms with E-state index in [2.05, 4.69) is 40.5 Å². The van der Waals surface area contributed by atoms with Gasteiger partial charge in [-0.15, -0.1) is 0 Å². The molecule has 0 aliphatic carbocycles. The molecule has 0 bridgehead atoms. The second-order valence-electron chi connectivity index (χ2n) is 6.48. The molecule has 2 aromatic rings. The van der Waals surface area contributed by atoms with Crippen LogP contribution in [0.5, 0.6) is 0 Å². The van der Waals surface area contributed by atoms with E-state index in [1.54, 1.807) is 12.3 Å². The summed E-state index contributed by atoms with van der Waals surface area (Å²) < 4.78 is 5.52. The predicted molar refractivity (Wildman–Crippen MR) is 97.2 cm³/mol. The molecular weight excluding hydrogens is 316 g/mol. The lowest BCUT2D eigenvalue weighted by Crippen LogP contribution is -2.32. The number of nitrogens with one attached hydrogen (secondary N) is 2. The zero-order chi connectivity index (χ0) is 17.6. The lowest BCUT2D eigenvalue weighted by atomic mass is 10.0. The maximum atomic E-state index is 12.3. The Labute approximate surface area is 148 Å². The van der Waals surface area contributed by atoms with E-state index in [-0.39, 0.29) is 12.0 Å². The van der Waals surface area contributed by atoms with Crippen LogP contribution in [0.2, 0.25) is 0 Å². The van der Waals surface area contributed by atoms with E-state index in [4.69, 9.17) is 4.74 Å². The van der Waals surface area contributed by atoms with E-state index in [1.165, 1.54) is 5.56 Å². The standard InChI is InChI=1S/C19H24N4O2/c1-13(2)15-7-3-4-8-16(15)22-19-20-10-9-17(23-19)18(24)21-12-14-6-5-11-25-14/h3-4,7-10,13-14H,5-6,11-12H2,1-2H3,(H,21,24)(H,20,22,23). The largest absolute Gasteiger partial charge is 0.376 e. The summed E-state index contributed by atoms with van der Waals surface area (Å²) in [5.41, 5.74) is 2.48. The summed E-state index contributed by atoms with van der Waals surface area (Å²) in [7, 11) is 0. The number of aromatic nitrogens is 2. The van der Waals surface area contributed by atoms with E-state index >= 15 is 0 Å². The molecule has 2 heterocycles. The number of nitrogens with zero attached hydrogens (tertiary/aromatic N) is 2. The summed E-state index contributed by atoms with van der Waals surface area (Å²) in [6, 6.07) is 9.65. The van der Waals surface area contributed by atoms with Gasteiger partial charge in [-0.25, -0.2) is 9.97 Å². The molecule has 0 saturated carbocycles. The highest BCUT2D eigenvalue weighted by Gasteiger charge is 2.17. The molecule has 1 aliphatic rings. The molecule has 6 nitrogen and oxygen atoms in total. The molecule has 25 heavy (non-hydrogen) atoms. The first-order valence-corrected chi connectivity index (χ1v) is 8.72. The van der Waals surface area contributed by atoms with Crippen LogP contribution in [0.4, 0.5) is 11.6 Å². The van der Waals surface area contributed by atoms with Crippen LogP contribution in [0.1, 0.15) is 48.7 Å². The number of amides is 1. The van der Waals surface area contributed by atoms with Crippen molar-refractivity contribution in [2.45, 2.75) is 38.7 Å². The first-order chi connectivity index (χ1) is 12.1. The molecule has 1 saturated heterocycles. The summed E-state index contributed by atoms with van der Waals surface area (Å²) in [5, 5.41) is 6.10. The second kappa shape index (κ2) is 8.07. The number of carbonyl (C=O) groups excluding carboxylic acids is 1. The second-order valence-corrected chi connectivity index (χ2v) is 6.48. The first kappa shape index (κ1) is 17.4. The summed E-state index contributed by atoms with van der Waals surface area (Å²) in [5.74, 6) is 0.581. The van der Waals surface area contributed by atoms with Crippen LogP contribution in [0, 0.1) is 0 Å². The van der Waals surface area contributed by atoms with Crippen molar-refractivity contribution in [2.24, 2.45) is 0 Å². The number of hydrogen-bond acceptors (Lipinski definition) is 5. The molecule has 0 spiro atoms. The van der Waals surface area contributed by atoms with Gasteiger partial charge in [0, 0.05) is 25.0 Å².